The topological polar surface area (TPSA) is 65.5 Å². The number of hydrogen-bond donors (Lipinski definition) is 0. The number of nitrogens with zero attached hydrogens (tertiary/aromatic N) is 1. The maximum absolute atomic E-state index is 11.2. The lowest BCUT2D eigenvalue weighted by atomic mass is 9.84. The molecular formula is C13H20BNO4S. The van der Waals surface area contributed by atoms with Crippen molar-refractivity contribution < 1.29 is 17.7 Å². The Balaban J connectivity index is 2.16. The lowest BCUT2D eigenvalue weighted by molar-refractivity contribution is 0.00578. The molecule has 1 saturated heterocycles. The van der Waals surface area contributed by atoms with Crippen LogP contribution in [0.5, 0.6) is 0 Å². The highest BCUT2D eigenvalue weighted by Crippen LogP contribution is 2.36. The molecule has 0 radical (unpaired) electrons. The number of sulfone groups is 1. The smallest absolute Gasteiger partial charge is 0.398 e. The molecule has 20 heavy (non-hydrogen) atoms. The molecule has 2 heterocycles. The second kappa shape index (κ2) is 4.82. The zero-order valence-corrected chi connectivity index (χ0v) is 13.3. The van der Waals surface area contributed by atoms with Gasteiger partial charge in [-0.2, -0.15) is 0 Å². The highest BCUT2D eigenvalue weighted by molar-refractivity contribution is 7.89. The lowest BCUT2D eigenvalue weighted by Gasteiger charge is -2.32. The fourth-order valence-electron chi connectivity index (χ4n) is 1.93. The van der Waals surface area contributed by atoms with E-state index in [9.17, 15) is 8.42 Å². The van der Waals surface area contributed by atoms with Gasteiger partial charge in [-0.25, -0.2) is 8.42 Å². The first-order chi connectivity index (χ1) is 9.00. The average molecular weight is 297 g/mol. The van der Waals surface area contributed by atoms with Crippen molar-refractivity contribution in [2.75, 3.05) is 6.26 Å². The summed E-state index contributed by atoms with van der Waals surface area (Å²) in [4.78, 5) is 4.26. The number of rotatable bonds is 3. The second-order valence-corrected chi connectivity index (χ2v) is 8.39. The Bertz CT molecular complexity index is 579. The Labute approximate surface area is 120 Å². The third kappa shape index (κ3) is 3.21. The van der Waals surface area contributed by atoms with Crippen LogP contribution in [0.15, 0.2) is 18.3 Å². The van der Waals surface area contributed by atoms with E-state index in [1.165, 1.54) is 6.26 Å². The number of pyridine rings is 1. The highest BCUT2D eigenvalue weighted by Gasteiger charge is 2.52. The van der Waals surface area contributed by atoms with Gasteiger partial charge < -0.3 is 9.31 Å². The van der Waals surface area contributed by atoms with Crippen LogP contribution in [0.3, 0.4) is 0 Å². The van der Waals surface area contributed by atoms with Crippen LogP contribution in [-0.2, 0) is 24.9 Å². The monoisotopic (exact) mass is 297 g/mol. The average Bonchev–Trinajstić information content (AvgIpc) is 2.47. The van der Waals surface area contributed by atoms with Crippen molar-refractivity contribution in [3.8, 4) is 0 Å². The summed E-state index contributed by atoms with van der Waals surface area (Å²) in [5.41, 5.74) is 0.490. The lowest BCUT2D eigenvalue weighted by Crippen LogP contribution is -2.41. The fraction of sp³-hybridized carbons (Fsp3) is 0.615. The molecule has 0 N–H and O–H groups in total. The molecular weight excluding hydrogens is 277 g/mol. The minimum atomic E-state index is -3.05. The Hall–Kier alpha value is -0.915. The van der Waals surface area contributed by atoms with E-state index in [1.807, 2.05) is 27.7 Å². The largest absolute Gasteiger partial charge is 0.514 e. The number of hydrogen-bond acceptors (Lipinski definition) is 5. The van der Waals surface area contributed by atoms with E-state index in [-0.39, 0.29) is 5.75 Å². The maximum atomic E-state index is 11.2. The van der Waals surface area contributed by atoms with Crippen LogP contribution in [0.2, 0.25) is 0 Å². The van der Waals surface area contributed by atoms with Crippen LogP contribution in [0.1, 0.15) is 33.3 Å². The standard InChI is InChI=1S/C13H20BNO4S/c1-12(2)13(3,4)19-14(18-12)11-7-6-10(8-15-11)9-20(5,16)17/h6-8H,9H2,1-5H3. The Morgan fingerprint density at radius 1 is 1.15 bits per heavy atom. The number of aromatic nitrogens is 1. The molecule has 0 unspecified atom stereocenters. The van der Waals surface area contributed by atoms with Gasteiger partial charge in [-0.1, -0.05) is 6.07 Å². The van der Waals surface area contributed by atoms with Crippen molar-refractivity contribution in [2.24, 2.45) is 0 Å². The summed E-state index contributed by atoms with van der Waals surface area (Å²) in [6.45, 7) is 7.91. The van der Waals surface area contributed by atoms with Crippen LogP contribution in [-0.4, -0.2) is 38.0 Å². The summed E-state index contributed by atoms with van der Waals surface area (Å²) in [6, 6.07) is 3.50. The molecule has 0 atom stereocenters. The summed E-state index contributed by atoms with van der Waals surface area (Å²) in [6.07, 6.45) is 2.76. The molecule has 1 aliphatic heterocycles. The summed E-state index contributed by atoms with van der Waals surface area (Å²) in [7, 11) is -3.57. The van der Waals surface area contributed by atoms with Crippen molar-refractivity contribution in [1.82, 2.24) is 4.98 Å². The molecule has 5 nitrogen and oxygen atoms in total. The molecule has 0 spiro atoms. The molecule has 110 valence electrons. The molecule has 0 amide bonds. The van der Waals surface area contributed by atoms with Gasteiger partial charge in [-0.15, -0.1) is 0 Å². The van der Waals surface area contributed by atoms with E-state index in [0.29, 0.717) is 11.2 Å². The molecule has 1 aliphatic rings. The maximum Gasteiger partial charge on any atom is 0.514 e. The van der Waals surface area contributed by atoms with E-state index in [1.54, 1.807) is 18.3 Å². The van der Waals surface area contributed by atoms with Gasteiger partial charge in [0.1, 0.15) is 0 Å². The van der Waals surface area contributed by atoms with Crippen LogP contribution < -0.4 is 5.59 Å². The van der Waals surface area contributed by atoms with Gasteiger partial charge in [0.25, 0.3) is 0 Å². The molecule has 0 bridgehead atoms. The minimum absolute atomic E-state index is 0.0103. The van der Waals surface area contributed by atoms with Gasteiger partial charge in [-0.3, -0.25) is 4.98 Å². The van der Waals surface area contributed by atoms with Crippen molar-refractivity contribution >= 4 is 22.5 Å². The normalized spacial score (nSPS) is 21.1. The van der Waals surface area contributed by atoms with Crippen LogP contribution in [0, 0.1) is 0 Å². The summed E-state index contributed by atoms with van der Waals surface area (Å²) in [5, 5.41) is 0. The molecule has 0 saturated carbocycles. The van der Waals surface area contributed by atoms with Gasteiger partial charge in [0.2, 0.25) is 0 Å². The van der Waals surface area contributed by atoms with E-state index in [0.717, 1.165) is 0 Å². The fourth-order valence-corrected chi connectivity index (χ4v) is 2.70. The molecule has 1 aromatic heterocycles. The molecule has 7 heteroatoms. The van der Waals surface area contributed by atoms with E-state index >= 15 is 0 Å². The Kier molecular flexibility index (Phi) is 3.73. The van der Waals surface area contributed by atoms with Crippen molar-refractivity contribution in [3.05, 3.63) is 23.9 Å². The van der Waals surface area contributed by atoms with Gasteiger partial charge in [-0.05, 0) is 39.3 Å². The Morgan fingerprint density at radius 3 is 2.10 bits per heavy atom. The first-order valence-electron chi connectivity index (χ1n) is 6.48. The Morgan fingerprint density at radius 2 is 1.70 bits per heavy atom. The van der Waals surface area contributed by atoms with Crippen LogP contribution in [0.25, 0.3) is 0 Å². The van der Waals surface area contributed by atoms with Crippen molar-refractivity contribution in [1.29, 1.82) is 0 Å². The molecule has 2 rings (SSSR count). The molecule has 0 aromatic carbocycles. The quantitative estimate of drug-likeness (QED) is 0.776. The van der Waals surface area contributed by atoms with Crippen LogP contribution >= 0.6 is 0 Å². The van der Waals surface area contributed by atoms with Crippen molar-refractivity contribution in [2.45, 2.75) is 44.6 Å². The molecule has 0 aliphatic carbocycles. The van der Waals surface area contributed by atoms with Crippen LogP contribution in [0.4, 0.5) is 0 Å². The van der Waals surface area contributed by atoms with E-state index < -0.39 is 28.2 Å². The SMILES string of the molecule is CC1(C)OB(c2ccc(CS(C)(=O)=O)cn2)OC1(C)C. The third-order valence-corrected chi connectivity index (χ3v) is 4.63. The van der Waals surface area contributed by atoms with Crippen molar-refractivity contribution in [3.63, 3.8) is 0 Å². The predicted molar refractivity (Wildman–Crippen MR) is 78.5 cm³/mol. The first-order valence-corrected chi connectivity index (χ1v) is 8.54. The van der Waals surface area contributed by atoms with Gasteiger partial charge in [0.05, 0.1) is 22.5 Å². The third-order valence-electron chi connectivity index (χ3n) is 3.77. The van der Waals surface area contributed by atoms with E-state index in [2.05, 4.69) is 4.98 Å². The molecule has 1 fully saturated rings. The highest BCUT2D eigenvalue weighted by atomic mass is 32.2. The minimum Gasteiger partial charge on any atom is -0.398 e. The molecule has 1 aromatic rings. The summed E-state index contributed by atoms with van der Waals surface area (Å²) >= 11 is 0. The van der Waals surface area contributed by atoms with E-state index in [4.69, 9.17) is 9.31 Å². The van der Waals surface area contributed by atoms with Gasteiger partial charge >= 0.3 is 7.12 Å². The van der Waals surface area contributed by atoms with Gasteiger partial charge in [0, 0.05) is 12.5 Å². The zero-order chi connectivity index (χ0) is 15.2. The summed E-state index contributed by atoms with van der Waals surface area (Å²) in [5.74, 6) is -0.0103. The summed E-state index contributed by atoms with van der Waals surface area (Å²) < 4.78 is 34.2. The second-order valence-electron chi connectivity index (χ2n) is 6.25. The van der Waals surface area contributed by atoms with Gasteiger partial charge in [0.15, 0.2) is 9.84 Å². The predicted octanol–water partition coefficient (Wildman–Crippen LogP) is 0.925. The zero-order valence-electron chi connectivity index (χ0n) is 12.5. The first kappa shape index (κ1) is 15.5.